The van der Waals surface area contributed by atoms with Crippen LogP contribution in [-0.4, -0.2) is 15.4 Å². The van der Waals surface area contributed by atoms with Crippen molar-refractivity contribution in [2.75, 3.05) is 0 Å². The Morgan fingerprint density at radius 1 is 1.23 bits per heavy atom. The first-order chi connectivity index (χ1) is 12.7. The van der Waals surface area contributed by atoms with Crippen molar-refractivity contribution < 1.29 is 9.53 Å². The minimum Gasteiger partial charge on any atom is -0.456 e. The van der Waals surface area contributed by atoms with Crippen LogP contribution in [0.1, 0.15) is 34.7 Å². The third-order valence-electron chi connectivity index (χ3n) is 4.39. The van der Waals surface area contributed by atoms with Gasteiger partial charge in [-0.2, -0.15) is 0 Å². The summed E-state index contributed by atoms with van der Waals surface area (Å²) in [5, 5.41) is 0. The zero-order valence-corrected chi connectivity index (χ0v) is 15.0. The van der Waals surface area contributed by atoms with Gasteiger partial charge in [-0.3, -0.25) is 9.20 Å². The first kappa shape index (κ1) is 16.7. The van der Waals surface area contributed by atoms with E-state index in [-0.39, 0.29) is 12.2 Å². The van der Waals surface area contributed by atoms with Gasteiger partial charge in [0.15, 0.2) is 4.96 Å². The Labute approximate surface area is 154 Å². The summed E-state index contributed by atoms with van der Waals surface area (Å²) in [6.07, 6.45) is 7.28. The van der Waals surface area contributed by atoms with Crippen LogP contribution in [-0.2, 0) is 29.0 Å². The zero-order chi connectivity index (χ0) is 17.9. The molecule has 5 nitrogen and oxygen atoms in total. The fourth-order valence-electron chi connectivity index (χ4n) is 3.14. The Morgan fingerprint density at radius 3 is 2.88 bits per heavy atom. The van der Waals surface area contributed by atoms with Crippen LogP contribution >= 0.6 is 11.3 Å². The number of ether oxygens (including phenoxy) is 1. The average Bonchev–Trinajstić information content (AvgIpc) is 3.04. The van der Waals surface area contributed by atoms with Crippen molar-refractivity contribution in [3.05, 3.63) is 74.7 Å². The summed E-state index contributed by atoms with van der Waals surface area (Å²) in [6, 6.07) is 11.0. The minimum atomic E-state index is -0.457. The number of carbonyl (C=O) groups excluding carboxylic acids is 1. The molecular weight excluding hydrogens is 348 g/mol. The molecule has 0 N–H and O–H groups in total. The van der Waals surface area contributed by atoms with Crippen molar-refractivity contribution in [2.45, 2.75) is 32.3 Å². The summed E-state index contributed by atoms with van der Waals surface area (Å²) in [4.78, 5) is 30.8. The average molecular weight is 366 g/mol. The Bertz CT molecular complexity index is 1030. The SMILES string of the molecule is O=C(/C=C/c1ccccc1)OCc1cc(=O)n2c3c(sc2n1)CCCC3. The van der Waals surface area contributed by atoms with Gasteiger partial charge >= 0.3 is 5.97 Å². The second-order valence-corrected chi connectivity index (χ2v) is 7.30. The Morgan fingerprint density at radius 2 is 2.04 bits per heavy atom. The van der Waals surface area contributed by atoms with Gasteiger partial charge in [0, 0.05) is 22.7 Å². The number of carbonyl (C=O) groups is 1. The molecule has 4 rings (SSSR count). The molecular formula is C20H18N2O3S. The second-order valence-electron chi connectivity index (χ2n) is 6.23. The summed E-state index contributed by atoms with van der Waals surface area (Å²) in [7, 11) is 0. The molecule has 0 saturated carbocycles. The number of esters is 1. The Hall–Kier alpha value is -2.73. The predicted octanol–water partition coefficient (Wildman–Crippen LogP) is 3.39. The van der Waals surface area contributed by atoms with Crippen LogP contribution in [0.15, 0.2) is 47.3 Å². The molecule has 0 bridgehead atoms. The van der Waals surface area contributed by atoms with Crippen molar-refractivity contribution in [2.24, 2.45) is 0 Å². The van der Waals surface area contributed by atoms with Crippen molar-refractivity contribution in [1.82, 2.24) is 9.38 Å². The molecule has 2 aromatic heterocycles. The maximum Gasteiger partial charge on any atom is 0.331 e. The van der Waals surface area contributed by atoms with E-state index in [1.807, 2.05) is 30.3 Å². The topological polar surface area (TPSA) is 60.7 Å². The van der Waals surface area contributed by atoms with Gasteiger partial charge in [-0.1, -0.05) is 30.3 Å². The highest BCUT2D eigenvalue weighted by atomic mass is 32.1. The van der Waals surface area contributed by atoms with Gasteiger partial charge in [0.1, 0.15) is 6.61 Å². The lowest BCUT2D eigenvalue weighted by Gasteiger charge is -2.10. The van der Waals surface area contributed by atoms with E-state index in [1.165, 1.54) is 17.0 Å². The number of nitrogens with zero attached hydrogens (tertiary/aromatic N) is 2. The smallest absolute Gasteiger partial charge is 0.331 e. The van der Waals surface area contributed by atoms with Crippen LogP contribution in [0, 0.1) is 0 Å². The molecule has 0 saturated heterocycles. The molecule has 0 amide bonds. The lowest BCUT2D eigenvalue weighted by molar-refractivity contribution is -0.139. The van der Waals surface area contributed by atoms with Gasteiger partial charge in [-0.25, -0.2) is 9.78 Å². The van der Waals surface area contributed by atoms with E-state index in [4.69, 9.17) is 4.74 Å². The molecule has 3 aromatic rings. The standard InChI is InChI=1S/C20H18N2O3S/c23-18-12-15(13-25-19(24)11-10-14-6-2-1-3-7-14)21-20-22(18)16-8-4-5-9-17(16)26-20/h1-3,6-7,10-12H,4-5,8-9,13H2/b11-10+. The summed E-state index contributed by atoms with van der Waals surface area (Å²) in [6.45, 7) is -0.00767. The molecule has 1 aromatic carbocycles. The number of fused-ring (bicyclic) bond motifs is 3. The molecule has 132 valence electrons. The molecule has 0 radical (unpaired) electrons. The van der Waals surface area contributed by atoms with E-state index in [2.05, 4.69) is 4.98 Å². The van der Waals surface area contributed by atoms with E-state index in [0.717, 1.165) is 36.9 Å². The number of hydrogen-bond acceptors (Lipinski definition) is 5. The van der Waals surface area contributed by atoms with E-state index < -0.39 is 5.97 Å². The molecule has 1 aliphatic carbocycles. The van der Waals surface area contributed by atoms with Crippen LogP contribution in [0.5, 0.6) is 0 Å². The fraction of sp³-hybridized carbons (Fsp3) is 0.250. The van der Waals surface area contributed by atoms with Gasteiger partial charge in [-0.15, -0.1) is 11.3 Å². The normalized spacial score (nSPS) is 13.8. The van der Waals surface area contributed by atoms with Crippen LogP contribution in [0.25, 0.3) is 11.0 Å². The highest BCUT2D eigenvalue weighted by Crippen LogP contribution is 2.28. The number of hydrogen-bond donors (Lipinski definition) is 0. The van der Waals surface area contributed by atoms with E-state index >= 15 is 0 Å². The number of aromatic nitrogens is 2. The molecule has 26 heavy (non-hydrogen) atoms. The number of benzene rings is 1. The van der Waals surface area contributed by atoms with Crippen LogP contribution in [0.3, 0.4) is 0 Å². The van der Waals surface area contributed by atoms with E-state index in [0.29, 0.717) is 10.7 Å². The van der Waals surface area contributed by atoms with Crippen LogP contribution < -0.4 is 5.56 Å². The van der Waals surface area contributed by atoms with Crippen molar-refractivity contribution >= 4 is 28.3 Å². The lowest BCUT2D eigenvalue weighted by Crippen LogP contribution is -2.18. The molecule has 1 aliphatic rings. The molecule has 0 fully saturated rings. The van der Waals surface area contributed by atoms with Gasteiger partial charge < -0.3 is 4.74 Å². The van der Waals surface area contributed by atoms with Crippen LogP contribution in [0.2, 0.25) is 0 Å². The lowest BCUT2D eigenvalue weighted by atomic mass is 10.0. The van der Waals surface area contributed by atoms with E-state index in [1.54, 1.807) is 21.8 Å². The summed E-state index contributed by atoms with van der Waals surface area (Å²) >= 11 is 1.57. The molecule has 0 spiro atoms. The largest absolute Gasteiger partial charge is 0.456 e. The van der Waals surface area contributed by atoms with Gasteiger partial charge in [0.05, 0.1) is 5.69 Å². The minimum absolute atomic E-state index is 0.00767. The zero-order valence-electron chi connectivity index (χ0n) is 14.2. The molecule has 0 atom stereocenters. The van der Waals surface area contributed by atoms with Crippen molar-refractivity contribution in [1.29, 1.82) is 0 Å². The monoisotopic (exact) mass is 366 g/mol. The summed E-state index contributed by atoms with van der Waals surface area (Å²) in [5.74, 6) is -0.457. The van der Waals surface area contributed by atoms with Gasteiger partial charge in [0.25, 0.3) is 5.56 Å². The Balaban J connectivity index is 1.48. The number of rotatable bonds is 4. The highest BCUT2D eigenvalue weighted by Gasteiger charge is 2.18. The molecule has 6 heteroatoms. The number of aryl methyl sites for hydroxylation is 2. The Kier molecular flexibility index (Phi) is 4.67. The van der Waals surface area contributed by atoms with Crippen molar-refractivity contribution in [3.63, 3.8) is 0 Å². The summed E-state index contributed by atoms with van der Waals surface area (Å²) in [5.41, 5.74) is 2.41. The molecule has 2 heterocycles. The maximum atomic E-state index is 12.5. The highest BCUT2D eigenvalue weighted by molar-refractivity contribution is 7.17. The molecule has 0 unspecified atom stereocenters. The van der Waals surface area contributed by atoms with Gasteiger partial charge in [-0.05, 0) is 37.3 Å². The van der Waals surface area contributed by atoms with E-state index in [9.17, 15) is 9.59 Å². The summed E-state index contributed by atoms with van der Waals surface area (Å²) < 4.78 is 6.93. The third-order valence-corrected chi connectivity index (χ3v) is 5.53. The number of thiazole rings is 1. The first-order valence-electron chi connectivity index (χ1n) is 8.64. The second kappa shape index (κ2) is 7.25. The van der Waals surface area contributed by atoms with Gasteiger partial charge in [0.2, 0.25) is 0 Å². The predicted molar refractivity (Wildman–Crippen MR) is 101 cm³/mol. The quantitative estimate of drug-likeness (QED) is 0.525. The molecule has 0 aliphatic heterocycles. The first-order valence-corrected chi connectivity index (χ1v) is 9.45. The maximum absolute atomic E-state index is 12.5. The van der Waals surface area contributed by atoms with Crippen molar-refractivity contribution in [3.8, 4) is 0 Å². The van der Waals surface area contributed by atoms with Crippen LogP contribution in [0.4, 0.5) is 0 Å². The fourth-order valence-corrected chi connectivity index (χ4v) is 4.37. The third kappa shape index (κ3) is 3.46.